The van der Waals surface area contributed by atoms with Crippen LogP contribution in [-0.4, -0.2) is 24.9 Å². The number of rotatable bonds is 2. The van der Waals surface area contributed by atoms with E-state index in [1.54, 1.807) is 19.0 Å². The molecule has 0 fully saturated rings. The number of carbonyl (C=O) groups is 1. The maximum Gasteiger partial charge on any atom is 0.222 e. The van der Waals surface area contributed by atoms with Gasteiger partial charge in [0, 0.05) is 20.5 Å². The summed E-state index contributed by atoms with van der Waals surface area (Å²) in [6.45, 7) is 8.09. The van der Waals surface area contributed by atoms with E-state index in [0.29, 0.717) is 12.3 Å². The highest BCUT2D eigenvalue weighted by Crippen LogP contribution is 2.00. The van der Waals surface area contributed by atoms with E-state index in [2.05, 4.69) is 0 Å². The van der Waals surface area contributed by atoms with Gasteiger partial charge >= 0.3 is 0 Å². The van der Waals surface area contributed by atoms with Gasteiger partial charge in [-0.2, -0.15) is 0 Å². The summed E-state index contributed by atoms with van der Waals surface area (Å²) in [5, 5.41) is 0. The third-order valence-corrected chi connectivity index (χ3v) is 1.08. The molecule has 2 heteroatoms. The maximum atomic E-state index is 10.9. The lowest BCUT2D eigenvalue weighted by molar-refractivity contribution is -0.129. The minimum atomic E-state index is 0.213. The van der Waals surface area contributed by atoms with Crippen molar-refractivity contribution in [2.24, 2.45) is 5.92 Å². The standard InChI is InChI=1S/C7H15NO.C2H6/c1-6(2)5-7(9)8(3)4;1-2/h6H,5H2,1-4H3;1-2H3. The first-order chi connectivity index (χ1) is 5.04. The van der Waals surface area contributed by atoms with Crippen molar-refractivity contribution < 1.29 is 4.79 Å². The quantitative estimate of drug-likeness (QED) is 0.604. The van der Waals surface area contributed by atoms with E-state index in [9.17, 15) is 4.79 Å². The van der Waals surface area contributed by atoms with Gasteiger partial charge in [-0.3, -0.25) is 4.79 Å². The molecule has 0 spiro atoms. The topological polar surface area (TPSA) is 20.3 Å². The first kappa shape index (κ1) is 13.1. The smallest absolute Gasteiger partial charge is 0.222 e. The van der Waals surface area contributed by atoms with Gasteiger partial charge < -0.3 is 4.90 Å². The zero-order valence-electron chi connectivity index (χ0n) is 8.64. The maximum absolute atomic E-state index is 10.9. The van der Waals surface area contributed by atoms with Gasteiger partial charge in [0.15, 0.2) is 0 Å². The average molecular weight is 159 g/mol. The second-order valence-electron chi connectivity index (χ2n) is 2.89. The first-order valence-corrected chi connectivity index (χ1v) is 4.24. The van der Waals surface area contributed by atoms with E-state index in [0.717, 1.165) is 0 Å². The Morgan fingerprint density at radius 2 is 1.64 bits per heavy atom. The Bertz CT molecular complexity index is 97.7. The van der Waals surface area contributed by atoms with Crippen LogP contribution in [0.15, 0.2) is 0 Å². The van der Waals surface area contributed by atoms with Crippen LogP contribution in [0.5, 0.6) is 0 Å². The molecule has 11 heavy (non-hydrogen) atoms. The summed E-state index contributed by atoms with van der Waals surface area (Å²) in [5.74, 6) is 0.685. The fourth-order valence-electron chi connectivity index (χ4n) is 0.532. The summed E-state index contributed by atoms with van der Waals surface area (Å²) < 4.78 is 0. The van der Waals surface area contributed by atoms with Crippen LogP contribution in [0, 0.1) is 5.92 Å². The summed E-state index contributed by atoms with van der Waals surface area (Å²) >= 11 is 0. The van der Waals surface area contributed by atoms with E-state index in [-0.39, 0.29) is 5.91 Å². The molecular weight excluding hydrogens is 138 g/mol. The molecule has 0 saturated carbocycles. The van der Waals surface area contributed by atoms with Crippen LogP contribution in [0.2, 0.25) is 0 Å². The molecule has 0 saturated heterocycles. The van der Waals surface area contributed by atoms with Gasteiger partial charge in [-0.15, -0.1) is 0 Å². The van der Waals surface area contributed by atoms with E-state index >= 15 is 0 Å². The Morgan fingerprint density at radius 3 is 1.73 bits per heavy atom. The number of hydrogen-bond donors (Lipinski definition) is 0. The molecule has 0 aromatic heterocycles. The summed E-state index contributed by atoms with van der Waals surface area (Å²) in [4.78, 5) is 12.5. The molecule has 0 radical (unpaired) electrons. The molecule has 0 N–H and O–H groups in total. The molecule has 0 rings (SSSR count). The molecule has 0 aromatic carbocycles. The highest BCUT2D eigenvalue weighted by atomic mass is 16.2. The predicted molar refractivity (Wildman–Crippen MR) is 49.5 cm³/mol. The zero-order chi connectivity index (χ0) is 9.44. The second kappa shape index (κ2) is 7.58. The van der Waals surface area contributed by atoms with Crippen molar-refractivity contribution in [2.45, 2.75) is 34.1 Å². The van der Waals surface area contributed by atoms with Gasteiger partial charge in [-0.25, -0.2) is 0 Å². The zero-order valence-corrected chi connectivity index (χ0v) is 8.64. The average Bonchev–Trinajstić information content (AvgIpc) is 1.90. The third kappa shape index (κ3) is 9.47. The van der Waals surface area contributed by atoms with Crippen LogP contribution in [0.4, 0.5) is 0 Å². The predicted octanol–water partition coefficient (Wildman–Crippen LogP) is 2.15. The third-order valence-electron chi connectivity index (χ3n) is 1.08. The summed E-state index contributed by atoms with van der Waals surface area (Å²) in [6, 6.07) is 0. The molecule has 0 aliphatic rings. The van der Waals surface area contributed by atoms with Gasteiger partial charge in [0.1, 0.15) is 0 Å². The van der Waals surface area contributed by atoms with Gasteiger partial charge in [0.25, 0.3) is 0 Å². The molecule has 2 nitrogen and oxygen atoms in total. The number of carbonyl (C=O) groups excluding carboxylic acids is 1. The van der Waals surface area contributed by atoms with Crippen LogP contribution in [-0.2, 0) is 4.79 Å². The molecule has 68 valence electrons. The monoisotopic (exact) mass is 159 g/mol. The van der Waals surface area contributed by atoms with Gasteiger partial charge in [0.05, 0.1) is 0 Å². The Labute approximate surface area is 70.6 Å². The molecule has 0 aliphatic carbocycles. The lowest BCUT2D eigenvalue weighted by Gasteiger charge is -2.10. The van der Waals surface area contributed by atoms with E-state index < -0.39 is 0 Å². The minimum absolute atomic E-state index is 0.213. The molecule has 0 atom stereocenters. The van der Waals surface area contributed by atoms with Crippen LogP contribution >= 0.6 is 0 Å². The van der Waals surface area contributed by atoms with Crippen LogP contribution in [0.25, 0.3) is 0 Å². The van der Waals surface area contributed by atoms with E-state index in [1.807, 2.05) is 27.7 Å². The highest BCUT2D eigenvalue weighted by molar-refractivity contribution is 5.75. The van der Waals surface area contributed by atoms with Crippen molar-refractivity contribution in [1.29, 1.82) is 0 Å². The van der Waals surface area contributed by atoms with Gasteiger partial charge in [-0.1, -0.05) is 27.7 Å². The minimum Gasteiger partial charge on any atom is -0.349 e. The fraction of sp³-hybridized carbons (Fsp3) is 0.889. The van der Waals surface area contributed by atoms with Gasteiger partial charge in [-0.05, 0) is 5.92 Å². The van der Waals surface area contributed by atoms with Crippen molar-refractivity contribution in [3.8, 4) is 0 Å². The van der Waals surface area contributed by atoms with Crippen molar-refractivity contribution in [2.75, 3.05) is 14.1 Å². The van der Waals surface area contributed by atoms with Crippen molar-refractivity contribution in [3.05, 3.63) is 0 Å². The molecule has 0 bridgehead atoms. The van der Waals surface area contributed by atoms with E-state index in [4.69, 9.17) is 0 Å². The SMILES string of the molecule is CC.CC(C)CC(=O)N(C)C. The summed E-state index contributed by atoms with van der Waals surface area (Å²) in [7, 11) is 3.56. The lowest BCUT2D eigenvalue weighted by atomic mass is 10.1. The number of nitrogens with zero attached hydrogens (tertiary/aromatic N) is 1. The summed E-state index contributed by atoms with van der Waals surface area (Å²) in [5.41, 5.74) is 0. The van der Waals surface area contributed by atoms with Crippen molar-refractivity contribution in [3.63, 3.8) is 0 Å². The Balaban J connectivity index is 0. The fourth-order valence-corrected chi connectivity index (χ4v) is 0.532. The first-order valence-electron chi connectivity index (χ1n) is 4.24. The highest BCUT2D eigenvalue weighted by Gasteiger charge is 2.04. The molecular formula is C9H21NO. The normalized spacial score (nSPS) is 8.64. The largest absolute Gasteiger partial charge is 0.349 e. The number of amides is 1. The van der Waals surface area contributed by atoms with Crippen LogP contribution < -0.4 is 0 Å². The van der Waals surface area contributed by atoms with Gasteiger partial charge in [0.2, 0.25) is 5.91 Å². The molecule has 0 aliphatic heterocycles. The molecule has 0 heterocycles. The van der Waals surface area contributed by atoms with E-state index in [1.165, 1.54) is 0 Å². The molecule has 0 unspecified atom stereocenters. The Kier molecular flexibility index (Phi) is 9.01. The van der Waals surface area contributed by atoms with Crippen molar-refractivity contribution >= 4 is 5.91 Å². The molecule has 0 aromatic rings. The Hall–Kier alpha value is -0.530. The van der Waals surface area contributed by atoms with Crippen LogP contribution in [0.1, 0.15) is 34.1 Å². The lowest BCUT2D eigenvalue weighted by Crippen LogP contribution is -2.22. The van der Waals surface area contributed by atoms with Crippen LogP contribution in [0.3, 0.4) is 0 Å². The Morgan fingerprint density at radius 1 is 1.27 bits per heavy atom. The summed E-state index contributed by atoms with van der Waals surface area (Å²) in [6.07, 6.45) is 0.660. The molecule has 1 amide bonds. The van der Waals surface area contributed by atoms with Crippen molar-refractivity contribution in [1.82, 2.24) is 4.90 Å². The second-order valence-corrected chi connectivity index (χ2v) is 2.89. The number of hydrogen-bond acceptors (Lipinski definition) is 1.